The highest BCUT2D eigenvalue weighted by Crippen LogP contribution is 2.19. The van der Waals surface area contributed by atoms with Crippen LogP contribution in [0, 0.1) is 0 Å². The molecule has 144 valence electrons. The Morgan fingerprint density at radius 1 is 1.15 bits per heavy atom. The Labute approximate surface area is 148 Å². The molecule has 10 heteroatoms. The first-order valence-corrected chi connectivity index (χ1v) is 7.63. The maximum Gasteiger partial charge on any atom is 0.387 e. The summed E-state index contributed by atoms with van der Waals surface area (Å²) in [6.45, 7) is -1.70. The molecule has 0 saturated heterocycles. The molecule has 1 atom stereocenters. The van der Waals surface area contributed by atoms with Gasteiger partial charge in [0.2, 0.25) is 0 Å². The molecule has 2 N–H and O–H groups in total. The maximum atomic E-state index is 12.3. The first-order valence-electron chi connectivity index (χ1n) is 7.63. The zero-order chi connectivity index (χ0) is 19.5. The van der Waals surface area contributed by atoms with Crippen molar-refractivity contribution >= 4 is 17.8 Å². The first kappa shape index (κ1) is 21.3. The van der Waals surface area contributed by atoms with Crippen molar-refractivity contribution in [3.8, 4) is 5.75 Å². The van der Waals surface area contributed by atoms with Gasteiger partial charge in [0.15, 0.2) is 6.10 Å². The van der Waals surface area contributed by atoms with Crippen molar-refractivity contribution in [3.05, 3.63) is 29.8 Å². The van der Waals surface area contributed by atoms with Gasteiger partial charge in [0.25, 0.3) is 11.8 Å². The van der Waals surface area contributed by atoms with Gasteiger partial charge in [-0.3, -0.25) is 14.4 Å². The molecule has 0 aliphatic heterocycles. The van der Waals surface area contributed by atoms with E-state index >= 15 is 0 Å². The predicted molar refractivity (Wildman–Crippen MR) is 85.8 cm³/mol. The third-order valence-corrected chi connectivity index (χ3v) is 3.02. The SMILES string of the molecule is COCCNC(=O)[C@H](C)OC(=O)CNC(=O)c1ccccc1OC(F)F. The van der Waals surface area contributed by atoms with Crippen molar-refractivity contribution in [3.63, 3.8) is 0 Å². The largest absolute Gasteiger partial charge is 0.451 e. The molecule has 0 aromatic heterocycles. The van der Waals surface area contributed by atoms with Crippen LogP contribution in [0.15, 0.2) is 24.3 Å². The number of ether oxygens (including phenoxy) is 3. The van der Waals surface area contributed by atoms with Crippen LogP contribution in [0.2, 0.25) is 0 Å². The molecule has 0 fully saturated rings. The third kappa shape index (κ3) is 7.43. The first-order chi connectivity index (χ1) is 12.3. The molecule has 0 unspecified atom stereocenters. The van der Waals surface area contributed by atoms with Gasteiger partial charge in [-0.05, 0) is 19.1 Å². The summed E-state index contributed by atoms with van der Waals surface area (Å²) < 4.78 is 38.5. The number of esters is 1. The van der Waals surface area contributed by atoms with Gasteiger partial charge >= 0.3 is 12.6 Å². The Balaban J connectivity index is 2.50. The molecule has 0 heterocycles. The Hall–Kier alpha value is -2.75. The third-order valence-electron chi connectivity index (χ3n) is 3.02. The van der Waals surface area contributed by atoms with E-state index in [9.17, 15) is 23.2 Å². The van der Waals surface area contributed by atoms with E-state index in [4.69, 9.17) is 9.47 Å². The predicted octanol–water partition coefficient (Wildman–Crippen LogP) is 0.712. The van der Waals surface area contributed by atoms with Gasteiger partial charge in [0.1, 0.15) is 12.3 Å². The van der Waals surface area contributed by atoms with Gasteiger partial charge in [-0.1, -0.05) is 12.1 Å². The molecule has 26 heavy (non-hydrogen) atoms. The van der Waals surface area contributed by atoms with Crippen molar-refractivity contribution < 1.29 is 37.4 Å². The van der Waals surface area contributed by atoms with Gasteiger partial charge in [-0.15, -0.1) is 0 Å². The number of amides is 2. The van der Waals surface area contributed by atoms with Crippen molar-refractivity contribution in [1.82, 2.24) is 10.6 Å². The molecule has 1 rings (SSSR count). The maximum absolute atomic E-state index is 12.3. The fourth-order valence-corrected chi connectivity index (χ4v) is 1.81. The molecule has 8 nitrogen and oxygen atoms in total. The summed E-state index contributed by atoms with van der Waals surface area (Å²) in [5.41, 5.74) is -0.161. The van der Waals surface area contributed by atoms with Crippen LogP contribution in [-0.4, -0.2) is 57.3 Å². The summed E-state index contributed by atoms with van der Waals surface area (Å²) in [5.74, 6) is -2.49. The number of hydrogen-bond acceptors (Lipinski definition) is 6. The lowest BCUT2D eigenvalue weighted by molar-refractivity contribution is -0.153. The number of halogens is 2. The van der Waals surface area contributed by atoms with Crippen LogP contribution in [0.25, 0.3) is 0 Å². The summed E-state index contributed by atoms with van der Waals surface area (Å²) >= 11 is 0. The summed E-state index contributed by atoms with van der Waals surface area (Å²) in [6.07, 6.45) is -1.06. The lowest BCUT2D eigenvalue weighted by atomic mass is 10.2. The molecular weight excluding hydrogens is 354 g/mol. The molecule has 0 saturated carbocycles. The summed E-state index contributed by atoms with van der Waals surface area (Å²) in [7, 11) is 1.47. The lowest BCUT2D eigenvalue weighted by Gasteiger charge is -2.14. The smallest absolute Gasteiger partial charge is 0.387 e. The normalized spacial score (nSPS) is 11.6. The second-order valence-corrected chi connectivity index (χ2v) is 4.97. The van der Waals surface area contributed by atoms with Crippen LogP contribution < -0.4 is 15.4 Å². The topological polar surface area (TPSA) is 103 Å². The molecule has 0 bridgehead atoms. The quantitative estimate of drug-likeness (QED) is 0.462. The van der Waals surface area contributed by atoms with E-state index in [1.807, 2.05) is 0 Å². The molecule has 0 aliphatic carbocycles. The zero-order valence-corrected chi connectivity index (χ0v) is 14.3. The van der Waals surface area contributed by atoms with E-state index in [2.05, 4.69) is 15.4 Å². The van der Waals surface area contributed by atoms with Crippen molar-refractivity contribution in [1.29, 1.82) is 0 Å². The highest BCUT2D eigenvalue weighted by atomic mass is 19.3. The minimum Gasteiger partial charge on any atom is -0.451 e. The van der Waals surface area contributed by atoms with Crippen LogP contribution in [0.3, 0.4) is 0 Å². The van der Waals surface area contributed by atoms with Crippen molar-refractivity contribution in [2.75, 3.05) is 26.8 Å². The van der Waals surface area contributed by atoms with Gasteiger partial charge in [-0.25, -0.2) is 0 Å². The van der Waals surface area contributed by atoms with E-state index in [0.29, 0.717) is 6.61 Å². The number of benzene rings is 1. The van der Waals surface area contributed by atoms with Crippen LogP contribution in [0.1, 0.15) is 17.3 Å². The van der Waals surface area contributed by atoms with E-state index in [0.717, 1.165) is 0 Å². The minimum atomic E-state index is -3.09. The average molecular weight is 374 g/mol. The van der Waals surface area contributed by atoms with Crippen LogP contribution >= 0.6 is 0 Å². The second kappa shape index (κ2) is 11.0. The zero-order valence-electron chi connectivity index (χ0n) is 14.3. The van der Waals surface area contributed by atoms with Crippen molar-refractivity contribution in [2.24, 2.45) is 0 Å². The van der Waals surface area contributed by atoms with E-state index < -0.39 is 37.0 Å². The molecule has 2 amide bonds. The Morgan fingerprint density at radius 3 is 2.50 bits per heavy atom. The summed E-state index contributed by atoms with van der Waals surface area (Å²) in [5, 5.41) is 4.71. The van der Waals surface area contributed by atoms with Crippen LogP contribution in [-0.2, 0) is 19.1 Å². The fourth-order valence-electron chi connectivity index (χ4n) is 1.81. The van der Waals surface area contributed by atoms with Gasteiger partial charge < -0.3 is 24.8 Å². The number of hydrogen-bond donors (Lipinski definition) is 2. The second-order valence-electron chi connectivity index (χ2n) is 4.97. The highest BCUT2D eigenvalue weighted by molar-refractivity contribution is 5.98. The van der Waals surface area contributed by atoms with Crippen LogP contribution in [0.5, 0.6) is 5.75 Å². The summed E-state index contributed by atoms with van der Waals surface area (Å²) in [6, 6.07) is 5.35. The average Bonchev–Trinajstić information content (AvgIpc) is 2.59. The fraction of sp³-hybridized carbons (Fsp3) is 0.438. The minimum absolute atomic E-state index is 0.161. The number of carbonyl (C=O) groups is 3. The van der Waals surface area contributed by atoms with Gasteiger partial charge in [0, 0.05) is 13.7 Å². The monoisotopic (exact) mass is 374 g/mol. The Bertz CT molecular complexity index is 627. The number of methoxy groups -OCH3 is 1. The number of carbonyl (C=O) groups excluding carboxylic acids is 3. The lowest BCUT2D eigenvalue weighted by Crippen LogP contribution is -2.39. The molecule has 1 aromatic rings. The molecular formula is C16H20F2N2O6. The summed E-state index contributed by atoms with van der Waals surface area (Å²) in [4.78, 5) is 35.3. The molecule has 0 radical (unpaired) electrons. The van der Waals surface area contributed by atoms with Crippen LogP contribution in [0.4, 0.5) is 8.78 Å². The van der Waals surface area contributed by atoms with Crippen molar-refractivity contribution in [2.45, 2.75) is 19.6 Å². The standard InChI is InChI=1S/C16H20F2N2O6/c1-10(14(22)19-7-8-24-2)25-13(21)9-20-15(23)11-5-3-4-6-12(11)26-16(17)18/h3-6,10,16H,7-9H2,1-2H3,(H,19,22)(H,20,23)/t10-/m0/s1. The van der Waals surface area contributed by atoms with E-state index in [1.165, 1.54) is 38.3 Å². The van der Waals surface area contributed by atoms with Gasteiger partial charge in [0.05, 0.1) is 12.2 Å². The Kier molecular flexibility index (Phi) is 8.99. The number of rotatable bonds is 10. The van der Waals surface area contributed by atoms with Gasteiger partial charge in [-0.2, -0.15) is 8.78 Å². The number of para-hydroxylation sites is 1. The molecule has 0 aliphatic rings. The Morgan fingerprint density at radius 2 is 1.85 bits per heavy atom. The number of nitrogens with one attached hydrogen (secondary N) is 2. The van der Waals surface area contributed by atoms with E-state index in [1.54, 1.807) is 0 Å². The molecule has 1 aromatic carbocycles. The van der Waals surface area contributed by atoms with E-state index in [-0.39, 0.29) is 17.9 Å². The molecule has 0 spiro atoms. The highest BCUT2D eigenvalue weighted by Gasteiger charge is 2.19. The number of alkyl halides is 2.